The van der Waals surface area contributed by atoms with Crippen LogP contribution in [0.4, 0.5) is 5.69 Å². The minimum Gasteiger partial charge on any atom is -0.481 e. The van der Waals surface area contributed by atoms with Crippen LogP contribution in [0.25, 0.3) is 0 Å². The van der Waals surface area contributed by atoms with E-state index in [0.717, 1.165) is 36.1 Å². The molecule has 1 aromatic rings. The Labute approximate surface area is 132 Å². The molecule has 1 amide bonds. The molecule has 1 saturated heterocycles. The van der Waals surface area contributed by atoms with Crippen molar-refractivity contribution in [1.82, 2.24) is 4.90 Å². The number of nitrogens with one attached hydrogen (secondary N) is 1. The van der Waals surface area contributed by atoms with Gasteiger partial charge < -0.3 is 10.4 Å². The highest BCUT2D eigenvalue weighted by Crippen LogP contribution is 2.20. The third kappa shape index (κ3) is 5.47. The second-order valence-corrected chi connectivity index (χ2v) is 6.29. The van der Waals surface area contributed by atoms with Crippen LogP contribution in [0.15, 0.2) is 28.7 Å². The highest BCUT2D eigenvalue weighted by atomic mass is 79.9. The largest absolute Gasteiger partial charge is 0.481 e. The average molecular weight is 355 g/mol. The standard InChI is InChI=1S/C15H19BrN2O3/c16-12-2-1-3-13(9-12)17-14(19)10-18-6-4-11(5-7-18)8-15(20)21/h1-3,9,11H,4-8,10H2,(H,17,19)(H,20,21). The Morgan fingerprint density at radius 1 is 1.33 bits per heavy atom. The van der Waals surface area contributed by atoms with Crippen molar-refractivity contribution in [2.24, 2.45) is 5.92 Å². The summed E-state index contributed by atoms with van der Waals surface area (Å²) in [6, 6.07) is 7.48. The molecule has 0 aromatic heterocycles. The Morgan fingerprint density at radius 3 is 2.67 bits per heavy atom. The number of halogens is 1. The van der Waals surface area contributed by atoms with Gasteiger partial charge in [0.25, 0.3) is 0 Å². The van der Waals surface area contributed by atoms with Crippen LogP contribution in [0.5, 0.6) is 0 Å². The van der Waals surface area contributed by atoms with Crippen molar-refractivity contribution in [2.45, 2.75) is 19.3 Å². The van der Waals surface area contributed by atoms with Gasteiger partial charge in [-0.15, -0.1) is 0 Å². The monoisotopic (exact) mass is 354 g/mol. The lowest BCUT2D eigenvalue weighted by Gasteiger charge is -2.30. The smallest absolute Gasteiger partial charge is 0.303 e. The van der Waals surface area contributed by atoms with E-state index in [1.54, 1.807) is 0 Å². The molecule has 21 heavy (non-hydrogen) atoms. The number of nitrogens with zero attached hydrogens (tertiary/aromatic N) is 1. The molecule has 0 spiro atoms. The average Bonchev–Trinajstić information content (AvgIpc) is 2.40. The Bertz CT molecular complexity index is 513. The quantitative estimate of drug-likeness (QED) is 0.852. The van der Waals surface area contributed by atoms with E-state index in [2.05, 4.69) is 26.1 Å². The van der Waals surface area contributed by atoms with E-state index in [0.29, 0.717) is 6.54 Å². The molecule has 5 nitrogen and oxygen atoms in total. The SMILES string of the molecule is O=C(O)CC1CCN(CC(=O)Nc2cccc(Br)c2)CC1. The predicted octanol–water partition coefficient (Wildman–Crippen LogP) is 2.57. The van der Waals surface area contributed by atoms with Crippen LogP contribution in [-0.4, -0.2) is 41.5 Å². The number of aliphatic carboxylic acids is 1. The van der Waals surface area contributed by atoms with E-state index in [9.17, 15) is 9.59 Å². The van der Waals surface area contributed by atoms with Crippen LogP contribution in [-0.2, 0) is 9.59 Å². The second kappa shape index (κ2) is 7.56. The van der Waals surface area contributed by atoms with Gasteiger partial charge in [-0.25, -0.2) is 0 Å². The topological polar surface area (TPSA) is 69.6 Å². The fourth-order valence-corrected chi connectivity index (χ4v) is 2.96. The molecule has 2 N–H and O–H groups in total. The first-order valence-corrected chi connectivity index (χ1v) is 7.82. The summed E-state index contributed by atoms with van der Waals surface area (Å²) >= 11 is 3.37. The van der Waals surface area contributed by atoms with Crippen LogP contribution in [0.2, 0.25) is 0 Å². The molecule has 2 rings (SSSR count). The minimum absolute atomic E-state index is 0.0372. The molecule has 0 atom stereocenters. The highest BCUT2D eigenvalue weighted by molar-refractivity contribution is 9.10. The zero-order valence-electron chi connectivity index (χ0n) is 11.7. The lowest BCUT2D eigenvalue weighted by Crippen LogP contribution is -2.39. The summed E-state index contributed by atoms with van der Waals surface area (Å²) in [6.45, 7) is 1.92. The van der Waals surface area contributed by atoms with Crippen LogP contribution in [0, 0.1) is 5.92 Å². The molecule has 1 aliphatic rings. The van der Waals surface area contributed by atoms with Gasteiger partial charge in [0.05, 0.1) is 6.54 Å². The number of amides is 1. The minimum atomic E-state index is -0.735. The van der Waals surface area contributed by atoms with E-state index in [4.69, 9.17) is 5.11 Å². The number of carbonyl (C=O) groups is 2. The molecule has 0 saturated carbocycles. The van der Waals surface area contributed by atoms with Gasteiger partial charge in [-0.3, -0.25) is 14.5 Å². The summed E-state index contributed by atoms with van der Waals surface area (Å²) in [4.78, 5) is 24.7. The van der Waals surface area contributed by atoms with Crippen LogP contribution in [0.1, 0.15) is 19.3 Å². The number of likely N-dealkylation sites (tertiary alicyclic amines) is 1. The van der Waals surface area contributed by atoms with Gasteiger partial charge in [-0.05, 0) is 50.0 Å². The van der Waals surface area contributed by atoms with E-state index >= 15 is 0 Å². The van der Waals surface area contributed by atoms with Crippen molar-refractivity contribution in [3.8, 4) is 0 Å². The van der Waals surface area contributed by atoms with Gasteiger partial charge in [0.15, 0.2) is 0 Å². The fourth-order valence-electron chi connectivity index (χ4n) is 2.57. The molecule has 0 radical (unpaired) electrons. The lowest BCUT2D eigenvalue weighted by molar-refractivity contribution is -0.138. The number of rotatable bonds is 5. The van der Waals surface area contributed by atoms with Crippen LogP contribution >= 0.6 is 15.9 Å². The zero-order valence-corrected chi connectivity index (χ0v) is 13.3. The Morgan fingerprint density at radius 2 is 2.05 bits per heavy atom. The maximum absolute atomic E-state index is 12.0. The van der Waals surface area contributed by atoms with E-state index in [1.165, 1.54) is 0 Å². The summed E-state index contributed by atoms with van der Waals surface area (Å²) in [5.74, 6) is -0.530. The highest BCUT2D eigenvalue weighted by Gasteiger charge is 2.22. The van der Waals surface area contributed by atoms with Gasteiger partial charge in [0.2, 0.25) is 5.91 Å². The summed E-state index contributed by atoms with van der Waals surface area (Å²) in [5.41, 5.74) is 0.773. The summed E-state index contributed by atoms with van der Waals surface area (Å²) in [7, 11) is 0. The van der Waals surface area contributed by atoms with E-state index in [1.807, 2.05) is 24.3 Å². The van der Waals surface area contributed by atoms with Crippen molar-refractivity contribution in [1.29, 1.82) is 0 Å². The summed E-state index contributed by atoms with van der Waals surface area (Å²) in [6.07, 6.45) is 1.92. The molecule has 1 fully saturated rings. The molecule has 6 heteroatoms. The van der Waals surface area contributed by atoms with Crippen molar-refractivity contribution < 1.29 is 14.7 Å². The predicted molar refractivity (Wildman–Crippen MR) is 84.2 cm³/mol. The zero-order chi connectivity index (χ0) is 15.2. The summed E-state index contributed by atoms with van der Waals surface area (Å²) in [5, 5.41) is 11.7. The normalized spacial score (nSPS) is 16.6. The number of hydrogen-bond acceptors (Lipinski definition) is 3. The molecule has 0 bridgehead atoms. The first-order chi connectivity index (χ1) is 10.0. The van der Waals surface area contributed by atoms with Crippen molar-refractivity contribution >= 4 is 33.5 Å². The maximum Gasteiger partial charge on any atom is 0.303 e. The number of hydrogen-bond donors (Lipinski definition) is 2. The fraction of sp³-hybridized carbons (Fsp3) is 0.467. The Hall–Kier alpha value is -1.40. The van der Waals surface area contributed by atoms with Crippen LogP contribution in [0.3, 0.4) is 0 Å². The number of carboxylic acids is 1. The molecular weight excluding hydrogens is 336 g/mol. The number of carbonyl (C=O) groups excluding carboxylic acids is 1. The van der Waals surface area contributed by atoms with Gasteiger partial charge in [0.1, 0.15) is 0 Å². The van der Waals surface area contributed by atoms with Gasteiger partial charge in [-0.1, -0.05) is 22.0 Å². The van der Waals surface area contributed by atoms with Crippen LogP contribution < -0.4 is 5.32 Å². The third-order valence-electron chi connectivity index (χ3n) is 3.65. The van der Waals surface area contributed by atoms with Crippen molar-refractivity contribution in [3.63, 3.8) is 0 Å². The Kier molecular flexibility index (Phi) is 5.76. The van der Waals surface area contributed by atoms with Gasteiger partial charge >= 0.3 is 5.97 Å². The first-order valence-electron chi connectivity index (χ1n) is 7.02. The molecule has 0 unspecified atom stereocenters. The molecule has 1 aromatic carbocycles. The number of piperidine rings is 1. The number of anilines is 1. The molecule has 1 heterocycles. The van der Waals surface area contributed by atoms with Gasteiger partial charge in [0, 0.05) is 16.6 Å². The van der Waals surface area contributed by atoms with Crippen molar-refractivity contribution in [2.75, 3.05) is 25.0 Å². The molecule has 0 aliphatic carbocycles. The van der Waals surface area contributed by atoms with Crippen molar-refractivity contribution in [3.05, 3.63) is 28.7 Å². The summed E-state index contributed by atoms with van der Waals surface area (Å²) < 4.78 is 0.926. The molecular formula is C15H19BrN2O3. The van der Waals surface area contributed by atoms with Gasteiger partial charge in [-0.2, -0.15) is 0 Å². The Balaban J connectivity index is 1.75. The number of carboxylic acid groups (broad SMARTS) is 1. The van der Waals surface area contributed by atoms with E-state index in [-0.39, 0.29) is 18.2 Å². The first kappa shape index (κ1) is 16.0. The third-order valence-corrected chi connectivity index (χ3v) is 4.14. The second-order valence-electron chi connectivity index (χ2n) is 5.38. The lowest BCUT2D eigenvalue weighted by atomic mass is 9.94. The molecule has 114 valence electrons. The maximum atomic E-state index is 12.0. The van der Waals surface area contributed by atoms with E-state index < -0.39 is 5.97 Å². The molecule has 1 aliphatic heterocycles. The number of benzene rings is 1.